The van der Waals surface area contributed by atoms with Crippen LogP contribution in [0.25, 0.3) is 0 Å². The maximum absolute atomic E-state index is 12.2. The molecule has 2 heterocycles. The minimum atomic E-state index is -0.293. The number of carbonyl (C=O) groups is 2. The SMILES string of the molecule is COc1ccc(CCN2CC(C(=O)NCc3ccco3)CC2=O)cc1. The molecule has 25 heavy (non-hydrogen) atoms. The molecule has 0 aliphatic carbocycles. The largest absolute Gasteiger partial charge is 0.497 e. The van der Waals surface area contributed by atoms with Crippen LogP contribution in [-0.4, -0.2) is 36.9 Å². The van der Waals surface area contributed by atoms with Gasteiger partial charge in [0, 0.05) is 19.5 Å². The molecular weight excluding hydrogens is 320 g/mol. The maximum Gasteiger partial charge on any atom is 0.225 e. The first kappa shape index (κ1) is 17.1. The van der Waals surface area contributed by atoms with Gasteiger partial charge < -0.3 is 19.4 Å². The lowest BCUT2D eigenvalue weighted by Gasteiger charge is -2.16. The highest BCUT2D eigenvalue weighted by atomic mass is 16.5. The number of furan rings is 1. The Labute approximate surface area is 146 Å². The predicted molar refractivity (Wildman–Crippen MR) is 91.9 cm³/mol. The zero-order chi connectivity index (χ0) is 17.6. The zero-order valence-electron chi connectivity index (χ0n) is 14.2. The van der Waals surface area contributed by atoms with Crippen molar-refractivity contribution in [2.45, 2.75) is 19.4 Å². The first-order valence-electron chi connectivity index (χ1n) is 8.36. The van der Waals surface area contributed by atoms with Gasteiger partial charge in [-0.25, -0.2) is 0 Å². The van der Waals surface area contributed by atoms with Crippen molar-refractivity contribution in [2.75, 3.05) is 20.2 Å². The lowest BCUT2D eigenvalue weighted by atomic mass is 10.1. The Hall–Kier alpha value is -2.76. The summed E-state index contributed by atoms with van der Waals surface area (Å²) in [5.41, 5.74) is 1.14. The molecule has 2 amide bonds. The minimum absolute atomic E-state index is 0.0339. The van der Waals surface area contributed by atoms with E-state index in [-0.39, 0.29) is 24.2 Å². The molecule has 132 valence electrons. The molecule has 1 aliphatic rings. The van der Waals surface area contributed by atoms with Crippen LogP contribution in [0.15, 0.2) is 47.1 Å². The molecule has 6 heteroatoms. The van der Waals surface area contributed by atoms with Gasteiger partial charge in [0.1, 0.15) is 11.5 Å². The molecule has 1 fully saturated rings. The van der Waals surface area contributed by atoms with E-state index in [0.29, 0.717) is 25.4 Å². The number of methoxy groups -OCH3 is 1. The molecule has 3 rings (SSSR count). The number of rotatable bonds is 7. The number of nitrogens with one attached hydrogen (secondary N) is 1. The molecule has 2 aromatic rings. The van der Waals surface area contributed by atoms with Crippen LogP contribution in [0.1, 0.15) is 17.7 Å². The Morgan fingerprint density at radius 1 is 1.32 bits per heavy atom. The van der Waals surface area contributed by atoms with E-state index in [9.17, 15) is 9.59 Å². The molecule has 0 saturated carbocycles. The molecule has 1 atom stereocenters. The molecule has 0 radical (unpaired) electrons. The molecule has 6 nitrogen and oxygen atoms in total. The molecule has 1 saturated heterocycles. The normalized spacial score (nSPS) is 16.9. The first-order valence-corrected chi connectivity index (χ1v) is 8.36. The standard InChI is InChI=1S/C19H22N2O4/c1-24-16-6-4-14(5-7-16)8-9-21-13-15(11-18(21)22)19(23)20-12-17-3-2-10-25-17/h2-7,10,15H,8-9,11-13H2,1H3,(H,20,23). The molecule has 0 bridgehead atoms. The number of nitrogens with zero attached hydrogens (tertiary/aromatic N) is 1. The third-order valence-corrected chi connectivity index (χ3v) is 4.43. The van der Waals surface area contributed by atoms with Crippen molar-refractivity contribution in [3.8, 4) is 5.75 Å². The average molecular weight is 342 g/mol. The molecule has 1 aromatic carbocycles. The summed E-state index contributed by atoms with van der Waals surface area (Å²) in [5, 5.41) is 2.83. The molecular formula is C19H22N2O4. The van der Waals surface area contributed by atoms with Gasteiger partial charge in [-0.1, -0.05) is 12.1 Å². The quantitative estimate of drug-likeness (QED) is 0.835. The maximum atomic E-state index is 12.2. The fraction of sp³-hybridized carbons (Fsp3) is 0.368. The Bertz CT molecular complexity index is 710. The highest BCUT2D eigenvalue weighted by Gasteiger charge is 2.33. The number of carbonyl (C=O) groups excluding carboxylic acids is 2. The Balaban J connectivity index is 1.47. The Kier molecular flexibility index (Phi) is 5.38. The van der Waals surface area contributed by atoms with Crippen LogP contribution in [0, 0.1) is 5.92 Å². The van der Waals surface area contributed by atoms with Crippen LogP contribution in [-0.2, 0) is 22.6 Å². The summed E-state index contributed by atoms with van der Waals surface area (Å²) in [7, 11) is 1.63. The third-order valence-electron chi connectivity index (χ3n) is 4.43. The monoisotopic (exact) mass is 342 g/mol. The van der Waals surface area contributed by atoms with Crippen molar-refractivity contribution in [1.29, 1.82) is 0 Å². The lowest BCUT2D eigenvalue weighted by Crippen LogP contribution is -2.33. The molecule has 1 unspecified atom stereocenters. The van der Waals surface area contributed by atoms with Crippen molar-refractivity contribution in [3.63, 3.8) is 0 Å². The second-order valence-corrected chi connectivity index (χ2v) is 6.14. The van der Waals surface area contributed by atoms with Crippen LogP contribution in [0.4, 0.5) is 0 Å². The third kappa shape index (κ3) is 4.41. The highest BCUT2D eigenvalue weighted by Crippen LogP contribution is 2.19. The van der Waals surface area contributed by atoms with Gasteiger partial charge in [0.05, 0.1) is 25.8 Å². The van der Waals surface area contributed by atoms with E-state index in [1.807, 2.05) is 24.3 Å². The summed E-state index contributed by atoms with van der Waals surface area (Å²) in [6, 6.07) is 11.4. The zero-order valence-corrected chi connectivity index (χ0v) is 14.2. The van der Waals surface area contributed by atoms with Gasteiger partial charge in [0.25, 0.3) is 0 Å². The van der Waals surface area contributed by atoms with E-state index in [2.05, 4.69) is 5.32 Å². The van der Waals surface area contributed by atoms with Crippen LogP contribution in [0.3, 0.4) is 0 Å². The second-order valence-electron chi connectivity index (χ2n) is 6.14. The van der Waals surface area contributed by atoms with Crippen LogP contribution >= 0.6 is 0 Å². The molecule has 1 N–H and O–H groups in total. The van der Waals surface area contributed by atoms with Crippen LogP contribution in [0.2, 0.25) is 0 Å². The van der Waals surface area contributed by atoms with E-state index in [0.717, 1.165) is 17.7 Å². The number of ether oxygens (including phenoxy) is 1. The first-order chi connectivity index (χ1) is 12.2. The molecule has 1 aromatic heterocycles. The molecule has 1 aliphatic heterocycles. The topological polar surface area (TPSA) is 71.8 Å². The van der Waals surface area contributed by atoms with Crippen LogP contribution < -0.4 is 10.1 Å². The average Bonchev–Trinajstić information content (AvgIpc) is 3.28. The van der Waals surface area contributed by atoms with Crippen molar-refractivity contribution in [2.24, 2.45) is 5.92 Å². The van der Waals surface area contributed by atoms with Crippen molar-refractivity contribution in [3.05, 3.63) is 54.0 Å². The van der Waals surface area contributed by atoms with E-state index >= 15 is 0 Å². The smallest absolute Gasteiger partial charge is 0.225 e. The van der Waals surface area contributed by atoms with E-state index < -0.39 is 0 Å². The fourth-order valence-electron chi connectivity index (χ4n) is 2.95. The summed E-state index contributed by atoms with van der Waals surface area (Å²) in [4.78, 5) is 26.1. The van der Waals surface area contributed by atoms with Gasteiger partial charge in [-0.2, -0.15) is 0 Å². The number of hydrogen-bond donors (Lipinski definition) is 1. The van der Waals surface area contributed by atoms with Crippen molar-refractivity contribution < 1.29 is 18.7 Å². The van der Waals surface area contributed by atoms with Gasteiger partial charge in [0.15, 0.2) is 0 Å². The predicted octanol–water partition coefficient (Wildman–Crippen LogP) is 2.00. The number of amides is 2. The summed E-state index contributed by atoms with van der Waals surface area (Å²) in [6.07, 6.45) is 2.60. The Morgan fingerprint density at radius 3 is 2.80 bits per heavy atom. The van der Waals surface area contributed by atoms with Gasteiger partial charge >= 0.3 is 0 Å². The van der Waals surface area contributed by atoms with Gasteiger partial charge in [-0.15, -0.1) is 0 Å². The summed E-state index contributed by atoms with van der Waals surface area (Å²) in [6.45, 7) is 1.44. The van der Waals surface area contributed by atoms with Gasteiger partial charge in [-0.3, -0.25) is 9.59 Å². The van der Waals surface area contributed by atoms with E-state index in [1.165, 1.54) is 0 Å². The minimum Gasteiger partial charge on any atom is -0.497 e. The fourth-order valence-corrected chi connectivity index (χ4v) is 2.95. The summed E-state index contributed by atoms with van der Waals surface area (Å²) < 4.78 is 10.3. The Morgan fingerprint density at radius 2 is 2.12 bits per heavy atom. The summed E-state index contributed by atoms with van der Waals surface area (Å²) in [5.74, 6) is 1.16. The lowest BCUT2D eigenvalue weighted by molar-refractivity contribution is -0.129. The van der Waals surface area contributed by atoms with Gasteiger partial charge in [0.2, 0.25) is 11.8 Å². The number of benzene rings is 1. The summed E-state index contributed by atoms with van der Waals surface area (Å²) >= 11 is 0. The van der Waals surface area contributed by atoms with E-state index in [1.54, 1.807) is 30.4 Å². The molecule has 0 spiro atoms. The van der Waals surface area contributed by atoms with Crippen molar-refractivity contribution >= 4 is 11.8 Å². The number of hydrogen-bond acceptors (Lipinski definition) is 4. The highest BCUT2D eigenvalue weighted by molar-refractivity contribution is 5.89. The second kappa shape index (κ2) is 7.88. The van der Waals surface area contributed by atoms with Crippen molar-refractivity contribution in [1.82, 2.24) is 10.2 Å². The number of likely N-dealkylation sites (tertiary alicyclic amines) is 1. The van der Waals surface area contributed by atoms with E-state index in [4.69, 9.17) is 9.15 Å². The van der Waals surface area contributed by atoms with Crippen LogP contribution in [0.5, 0.6) is 5.75 Å². The van der Waals surface area contributed by atoms with Gasteiger partial charge in [-0.05, 0) is 36.2 Å².